The first-order valence-electron chi connectivity index (χ1n) is 5.60. The molecule has 0 amide bonds. The Morgan fingerprint density at radius 3 is 2.78 bits per heavy atom. The zero-order valence-electron chi connectivity index (χ0n) is 10.5. The van der Waals surface area contributed by atoms with Crippen molar-refractivity contribution in [2.24, 2.45) is 5.92 Å². The van der Waals surface area contributed by atoms with Crippen molar-refractivity contribution in [1.82, 2.24) is 29.7 Å². The standard InChI is InChI=1S/C10H15N7S/c1-7(2)4-18-10-15-8(11-3)14-9(16-10)17-6-12-5-13-17/h5-7H,4H2,1-3H3,(H,11,14,15,16). The van der Waals surface area contributed by atoms with E-state index in [-0.39, 0.29) is 0 Å². The molecular formula is C10H15N7S. The van der Waals surface area contributed by atoms with Crippen LogP contribution in [0.2, 0.25) is 0 Å². The zero-order valence-corrected chi connectivity index (χ0v) is 11.3. The molecule has 2 rings (SSSR count). The Balaban J connectivity index is 2.27. The third-order valence-electron chi connectivity index (χ3n) is 2.00. The lowest BCUT2D eigenvalue weighted by Gasteiger charge is -2.07. The van der Waals surface area contributed by atoms with Gasteiger partial charge in [0.2, 0.25) is 5.95 Å². The van der Waals surface area contributed by atoms with E-state index >= 15 is 0 Å². The third kappa shape index (κ3) is 3.16. The first-order chi connectivity index (χ1) is 8.69. The molecule has 0 fully saturated rings. The summed E-state index contributed by atoms with van der Waals surface area (Å²) in [5.41, 5.74) is 0. The maximum absolute atomic E-state index is 4.36. The van der Waals surface area contributed by atoms with Crippen molar-refractivity contribution in [3.8, 4) is 5.95 Å². The normalized spacial score (nSPS) is 10.9. The summed E-state index contributed by atoms with van der Waals surface area (Å²) in [6, 6.07) is 0. The smallest absolute Gasteiger partial charge is 0.257 e. The number of hydrogen-bond donors (Lipinski definition) is 1. The molecule has 0 spiro atoms. The van der Waals surface area contributed by atoms with E-state index in [1.165, 1.54) is 11.0 Å². The molecule has 2 aromatic rings. The minimum Gasteiger partial charge on any atom is -0.357 e. The Morgan fingerprint density at radius 1 is 1.33 bits per heavy atom. The third-order valence-corrected chi connectivity index (χ3v) is 3.27. The van der Waals surface area contributed by atoms with Crippen molar-refractivity contribution in [2.75, 3.05) is 18.1 Å². The molecule has 0 unspecified atom stereocenters. The van der Waals surface area contributed by atoms with Crippen molar-refractivity contribution in [2.45, 2.75) is 19.0 Å². The summed E-state index contributed by atoms with van der Waals surface area (Å²) < 4.78 is 1.52. The van der Waals surface area contributed by atoms with Crippen LogP contribution < -0.4 is 5.32 Å². The van der Waals surface area contributed by atoms with Gasteiger partial charge in [-0.1, -0.05) is 25.6 Å². The maximum Gasteiger partial charge on any atom is 0.257 e. The van der Waals surface area contributed by atoms with Crippen LogP contribution in [0.1, 0.15) is 13.8 Å². The fraction of sp³-hybridized carbons (Fsp3) is 0.500. The summed E-state index contributed by atoms with van der Waals surface area (Å²) >= 11 is 1.61. The highest BCUT2D eigenvalue weighted by Gasteiger charge is 2.09. The summed E-state index contributed by atoms with van der Waals surface area (Å²) in [6.45, 7) is 4.32. The van der Waals surface area contributed by atoms with Gasteiger partial charge in [-0.2, -0.15) is 24.7 Å². The molecular weight excluding hydrogens is 250 g/mol. The highest BCUT2D eigenvalue weighted by Crippen LogP contribution is 2.18. The van der Waals surface area contributed by atoms with Crippen LogP contribution in [0.15, 0.2) is 17.8 Å². The van der Waals surface area contributed by atoms with E-state index in [1.54, 1.807) is 25.1 Å². The average molecular weight is 265 g/mol. The zero-order chi connectivity index (χ0) is 13.0. The molecule has 0 aliphatic carbocycles. The molecule has 8 heteroatoms. The number of hydrogen-bond acceptors (Lipinski definition) is 7. The second-order valence-corrected chi connectivity index (χ2v) is 5.02. The van der Waals surface area contributed by atoms with Crippen molar-refractivity contribution in [1.29, 1.82) is 0 Å². The second-order valence-electron chi connectivity index (χ2n) is 4.04. The highest BCUT2D eigenvalue weighted by atomic mass is 32.2. The minimum atomic E-state index is 0.470. The van der Waals surface area contributed by atoms with Gasteiger partial charge >= 0.3 is 0 Å². The number of anilines is 1. The van der Waals surface area contributed by atoms with Gasteiger partial charge in [0.25, 0.3) is 5.95 Å². The van der Waals surface area contributed by atoms with Crippen LogP contribution in [0.5, 0.6) is 0 Å². The molecule has 0 bridgehead atoms. The van der Waals surface area contributed by atoms with E-state index in [0.717, 1.165) is 5.75 Å². The fourth-order valence-corrected chi connectivity index (χ4v) is 1.96. The average Bonchev–Trinajstić information content (AvgIpc) is 2.89. The summed E-state index contributed by atoms with van der Waals surface area (Å²) in [4.78, 5) is 16.8. The van der Waals surface area contributed by atoms with Gasteiger partial charge in [-0.3, -0.25) is 0 Å². The van der Waals surface area contributed by atoms with E-state index < -0.39 is 0 Å². The van der Waals surface area contributed by atoms with Gasteiger partial charge in [-0.05, 0) is 5.92 Å². The minimum absolute atomic E-state index is 0.470. The van der Waals surface area contributed by atoms with Gasteiger partial charge in [0.15, 0.2) is 5.16 Å². The molecule has 2 heterocycles. The van der Waals surface area contributed by atoms with E-state index in [9.17, 15) is 0 Å². The van der Waals surface area contributed by atoms with Crippen LogP contribution in [-0.4, -0.2) is 42.5 Å². The lowest BCUT2D eigenvalue weighted by Crippen LogP contribution is -2.08. The first-order valence-corrected chi connectivity index (χ1v) is 6.59. The highest BCUT2D eigenvalue weighted by molar-refractivity contribution is 7.99. The lowest BCUT2D eigenvalue weighted by molar-refractivity contribution is 0.739. The molecule has 0 aliphatic heterocycles. The summed E-state index contributed by atoms with van der Waals surface area (Å²) in [7, 11) is 1.78. The van der Waals surface area contributed by atoms with Crippen LogP contribution in [0.3, 0.4) is 0 Å². The van der Waals surface area contributed by atoms with Crippen molar-refractivity contribution in [3.05, 3.63) is 12.7 Å². The van der Waals surface area contributed by atoms with Crippen LogP contribution in [-0.2, 0) is 0 Å². The summed E-state index contributed by atoms with van der Waals surface area (Å²) in [5, 5.41) is 7.62. The summed E-state index contributed by atoms with van der Waals surface area (Å²) in [5.74, 6) is 2.55. The number of nitrogens with zero attached hydrogens (tertiary/aromatic N) is 6. The molecule has 7 nitrogen and oxygen atoms in total. The molecule has 1 N–H and O–H groups in total. The predicted octanol–water partition coefficient (Wildman–Crippen LogP) is 1.24. The fourth-order valence-electron chi connectivity index (χ4n) is 1.18. The molecule has 96 valence electrons. The summed E-state index contributed by atoms with van der Waals surface area (Å²) in [6.07, 6.45) is 3.01. The second kappa shape index (κ2) is 5.76. The Morgan fingerprint density at radius 2 is 2.17 bits per heavy atom. The van der Waals surface area contributed by atoms with Crippen LogP contribution in [0.25, 0.3) is 5.95 Å². The van der Waals surface area contributed by atoms with Gasteiger partial charge in [-0.25, -0.2) is 4.98 Å². The van der Waals surface area contributed by atoms with Gasteiger partial charge in [0.05, 0.1) is 0 Å². The van der Waals surface area contributed by atoms with E-state index in [4.69, 9.17) is 0 Å². The van der Waals surface area contributed by atoms with E-state index in [1.807, 2.05) is 0 Å². The molecule has 0 saturated carbocycles. The lowest BCUT2D eigenvalue weighted by atomic mass is 10.3. The maximum atomic E-state index is 4.36. The number of thioether (sulfide) groups is 1. The number of nitrogens with one attached hydrogen (secondary N) is 1. The monoisotopic (exact) mass is 265 g/mol. The quantitative estimate of drug-likeness (QED) is 0.814. The Labute approximate surface area is 109 Å². The van der Waals surface area contributed by atoms with Gasteiger partial charge in [-0.15, -0.1) is 0 Å². The SMILES string of the molecule is CNc1nc(SCC(C)C)nc(-n2cncn2)n1. The largest absolute Gasteiger partial charge is 0.357 e. The van der Waals surface area contributed by atoms with Crippen molar-refractivity contribution >= 4 is 17.7 Å². The Kier molecular flexibility index (Phi) is 4.08. The molecule has 2 aromatic heterocycles. The topological polar surface area (TPSA) is 81.4 Å². The van der Waals surface area contributed by atoms with Gasteiger partial charge < -0.3 is 5.32 Å². The van der Waals surface area contributed by atoms with Crippen LogP contribution in [0.4, 0.5) is 5.95 Å². The Hall–Kier alpha value is -1.70. The van der Waals surface area contributed by atoms with Crippen molar-refractivity contribution in [3.63, 3.8) is 0 Å². The van der Waals surface area contributed by atoms with Gasteiger partial charge in [0.1, 0.15) is 12.7 Å². The van der Waals surface area contributed by atoms with E-state index in [2.05, 4.69) is 44.2 Å². The predicted molar refractivity (Wildman–Crippen MR) is 69.9 cm³/mol. The molecule has 0 atom stereocenters. The molecule has 0 saturated heterocycles. The molecule has 0 aliphatic rings. The number of aromatic nitrogens is 6. The molecule has 18 heavy (non-hydrogen) atoms. The first kappa shape index (κ1) is 12.7. The van der Waals surface area contributed by atoms with Crippen LogP contribution >= 0.6 is 11.8 Å². The van der Waals surface area contributed by atoms with E-state index in [0.29, 0.717) is 23.0 Å². The number of rotatable bonds is 5. The Bertz CT molecular complexity index is 497. The van der Waals surface area contributed by atoms with Crippen molar-refractivity contribution < 1.29 is 0 Å². The van der Waals surface area contributed by atoms with Gasteiger partial charge in [0, 0.05) is 12.8 Å². The molecule has 0 aromatic carbocycles. The van der Waals surface area contributed by atoms with Crippen LogP contribution in [0, 0.1) is 5.92 Å². The molecule has 0 radical (unpaired) electrons.